The predicted octanol–water partition coefficient (Wildman–Crippen LogP) is 0.427. The first-order valence-electron chi connectivity index (χ1n) is 6.77. The Morgan fingerprint density at radius 2 is 1.95 bits per heavy atom. The maximum Gasteiger partial charge on any atom is 0.243 e. The Bertz CT molecular complexity index is 595. The number of nitrogens with one attached hydrogen (secondary N) is 1. The van der Waals surface area contributed by atoms with Gasteiger partial charge in [0.25, 0.3) is 0 Å². The molecule has 20 heavy (non-hydrogen) atoms. The number of piperazine rings is 1. The third-order valence-corrected chi connectivity index (χ3v) is 5.62. The van der Waals surface area contributed by atoms with E-state index in [0.29, 0.717) is 36.9 Å². The van der Waals surface area contributed by atoms with Crippen LogP contribution in [0, 0.1) is 0 Å². The molecule has 0 aromatic heterocycles. The molecule has 1 saturated heterocycles. The number of fused-ring (bicyclic) bond motifs is 1. The zero-order chi connectivity index (χ0) is 14.2. The Morgan fingerprint density at radius 1 is 1.20 bits per heavy atom. The lowest BCUT2D eigenvalue weighted by atomic mass is 10.2. The van der Waals surface area contributed by atoms with Crippen molar-refractivity contribution < 1.29 is 13.2 Å². The van der Waals surface area contributed by atoms with Crippen molar-refractivity contribution in [1.29, 1.82) is 0 Å². The van der Waals surface area contributed by atoms with Gasteiger partial charge in [-0.2, -0.15) is 4.31 Å². The van der Waals surface area contributed by atoms with Gasteiger partial charge in [0, 0.05) is 32.7 Å². The number of anilines is 1. The molecule has 3 rings (SSSR count). The van der Waals surface area contributed by atoms with Crippen molar-refractivity contribution in [2.45, 2.75) is 4.90 Å². The summed E-state index contributed by atoms with van der Waals surface area (Å²) in [5.74, 6) is 0.716. The van der Waals surface area contributed by atoms with Gasteiger partial charge in [-0.25, -0.2) is 8.42 Å². The normalized spacial score (nSPS) is 20.9. The molecular weight excluding hydrogens is 278 g/mol. The second kappa shape index (κ2) is 5.23. The van der Waals surface area contributed by atoms with Crippen LogP contribution in [0.3, 0.4) is 0 Å². The molecule has 110 valence electrons. The number of nitrogens with zero attached hydrogens (tertiary/aromatic N) is 2. The number of ether oxygens (including phenoxy) is 1. The lowest BCUT2D eigenvalue weighted by molar-refractivity contribution is 0.222. The smallest absolute Gasteiger partial charge is 0.243 e. The molecule has 0 radical (unpaired) electrons. The molecule has 1 aromatic rings. The molecule has 6 nitrogen and oxygen atoms in total. The molecule has 0 spiro atoms. The zero-order valence-corrected chi connectivity index (χ0v) is 12.3. The highest BCUT2D eigenvalue weighted by molar-refractivity contribution is 7.89. The van der Waals surface area contributed by atoms with E-state index in [4.69, 9.17) is 4.74 Å². The Hall–Kier alpha value is -1.31. The Morgan fingerprint density at radius 3 is 2.70 bits per heavy atom. The fourth-order valence-corrected chi connectivity index (χ4v) is 3.91. The van der Waals surface area contributed by atoms with Crippen LogP contribution < -0.4 is 10.1 Å². The van der Waals surface area contributed by atoms with Gasteiger partial charge in [0.2, 0.25) is 10.0 Å². The molecule has 1 aromatic carbocycles. The van der Waals surface area contributed by atoms with Crippen molar-refractivity contribution in [3.8, 4) is 5.75 Å². The standard InChI is InChI=1S/C13H19N3O3S/c1-15-5-7-16(8-6-15)20(17,18)11-2-3-13-12(10-11)14-4-9-19-13/h2-3,10,14H,4-9H2,1H3. The van der Waals surface area contributed by atoms with Gasteiger partial charge in [0.1, 0.15) is 12.4 Å². The van der Waals surface area contributed by atoms with E-state index in [9.17, 15) is 8.42 Å². The molecule has 0 atom stereocenters. The van der Waals surface area contributed by atoms with Crippen LogP contribution in [0.4, 0.5) is 5.69 Å². The first kappa shape index (κ1) is 13.7. The van der Waals surface area contributed by atoms with Crippen molar-refractivity contribution in [3.63, 3.8) is 0 Å². The Balaban J connectivity index is 1.87. The summed E-state index contributed by atoms with van der Waals surface area (Å²) in [5.41, 5.74) is 0.756. The van der Waals surface area contributed by atoms with Crippen LogP contribution in [0.2, 0.25) is 0 Å². The molecule has 0 unspecified atom stereocenters. The minimum absolute atomic E-state index is 0.332. The summed E-state index contributed by atoms with van der Waals surface area (Å²) < 4.78 is 32.3. The fraction of sp³-hybridized carbons (Fsp3) is 0.538. The van der Waals surface area contributed by atoms with Crippen molar-refractivity contribution in [2.75, 3.05) is 51.7 Å². The summed E-state index contributed by atoms with van der Waals surface area (Å²) in [5, 5.41) is 3.17. The summed E-state index contributed by atoms with van der Waals surface area (Å²) in [7, 11) is -1.40. The van der Waals surface area contributed by atoms with E-state index in [1.54, 1.807) is 22.5 Å². The fourth-order valence-electron chi connectivity index (χ4n) is 2.46. The largest absolute Gasteiger partial charge is 0.490 e. The Labute approximate surface area is 119 Å². The van der Waals surface area contributed by atoms with E-state index in [1.807, 2.05) is 7.05 Å². The molecule has 2 aliphatic rings. The average Bonchev–Trinajstić information content (AvgIpc) is 2.47. The molecule has 0 amide bonds. The topological polar surface area (TPSA) is 61.9 Å². The number of rotatable bonds is 2. The molecule has 0 saturated carbocycles. The van der Waals surface area contributed by atoms with Gasteiger partial charge in [-0.1, -0.05) is 0 Å². The van der Waals surface area contributed by atoms with E-state index < -0.39 is 10.0 Å². The average molecular weight is 297 g/mol. The highest BCUT2D eigenvalue weighted by Gasteiger charge is 2.28. The van der Waals surface area contributed by atoms with Crippen LogP contribution in [-0.2, 0) is 10.0 Å². The number of hydrogen-bond acceptors (Lipinski definition) is 5. The molecule has 7 heteroatoms. The monoisotopic (exact) mass is 297 g/mol. The minimum atomic E-state index is -3.41. The summed E-state index contributed by atoms with van der Waals surface area (Å²) >= 11 is 0. The first-order chi connectivity index (χ1) is 9.57. The zero-order valence-electron chi connectivity index (χ0n) is 11.5. The van der Waals surface area contributed by atoms with Crippen LogP contribution in [0.25, 0.3) is 0 Å². The van der Waals surface area contributed by atoms with Crippen molar-refractivity contribution >= 4 is 15.7 Å². The minimum Gasteiger partial charge on any atom is -0.490 e. The van der Waals surface area contributed by atoms with E-state index in [-0.39, 0.29) is 0 Å². The molecule has 2 heterocycles. The van der Waals surface area contributed by atoms with E-state index in [1.165, 1.54) is 0 Å². The van der Waals surface area contributed by atoms with Gasteiger partial charge in [-0.05, 0) is 25.2 Å². The maximum atomic E-state index is 12.6. The van der Waals surface area contributed by atoms with Crippen LogP contribution in [0.1, 0.15) is 0 Å². The Kier molecular flexibility index (Phi) is 3.57. The molecule has 1 fully saturated rings. The molecule has 1 N–H and O–H groups in total. The first-order valence-corrected chi connectivity index (χ1v) is 8.21. The van der Waals surface area contributed by atoms with Crippen LogP contribution in [-0.4, -0.2) is 64.0 Å². The van der Waals surface area contributed by atoms with Crippen LogP contribution >= 0.6 is 0 Å². The van der Waals surface area contributed by atoms with Gasteiger partial charge in [0.15, 0.2) is 0 Å². The van der Waals surface area contributed by atoms with Crippen LogP contribution in [0.15, 0.2) is 23.1 Å². The van der Waals surface area contributed by atoms with Crippen molar-refractivity contribution in [1.82, 2.24) is 9.21 Å². The van der Waals surface area contributed by atoms with Crippen molar-refractivity contribution in [2.24, 2.45) is 0 Å². The van der Waals surface area contributed by atoms with Gasteiger partial charge >= 0.3 is 0 Å². The molecule has 0 aliphatic carbocycles. The quantitative estimate of drug-likeness (QED) is 0.857. The SMILES string of the molecule is CN1CCN(S(=O)(=O)c2ccc3c(c2)NCCO3)CC1. The summed E-state index contributed by atoms with van der Waals surface area (Å²) in [6.07, 6.45) is 0. The van der Waals surface area contributed by atoms with Gasteiger partial charge in [-0.3, -0.25) is 0 Å². The maximum absolute atomic E-state index is 12.6. The molecular formula is C13H19N3O3S. The lowest BCUT2D eigenvalue weighted by Gasteiger charge is -2.31. The van der Waals surface area contributed by atoms with E-state index in [0.717, 1.165) is 18.8 Å². The molecule has 0 bridgehead atoms. The van der Waals surface area contributed by atoms with E-state index >= 15 is 0 Å². The number of sulfonamides is 1. The second-order valence-electron chi connectivity index (χ2n) is 5.14. The molecule has 2 aliphatic heterocycles. The number of hydrogen-bond donors (Lipinski definition) is 1. The van der Waals surface area contributed by atoms with Gasteiger partial charge in [0.05, 0.1) is 10.6 Å². The van der Waals surface area contributed by atoms with Gasteiger partial charge in [-0.15, -0.1) is 0 Å². The third-order valence-electron chi connectivity index (χ3n) is 3.73. The summed E-state index contributed by atoms with van der Waals surface area (Å²) in [6, 6.07) is 5.02. The van der Waals surface area contributed by atoms with E-state index in [2.05, 4.69) is 10.2 Å². The second-order valence-corrected chi connectivity index (χ2v) is 7.08. The summed E-state index contributed by atoms with van der Waals surface area (Å²) in [4.78, 5) is 2.47. The highest BCUT2D eigenvalue weighted by atomic mass is 32.2. The predicted molar refractivity (Wildman–Crippen MR) is 76.7 cm³/mol. The highest BCUT2D eigenvalue weighted by Crippen LogP contribution is 2.30. The third kappa shape index (κ3) is 2.48. The van der Waals surface area contributed by atoms with Crippen LogP contribution in [0.5, 0.6) is 5.75 Å². The van der Waals surface area contributed by atoms with Crippen molar-refractivity contribution in [3.05, 3.63) is 18.2 Å². The summed E-state index contributed by atoms with van der Waals surface area (Å²) in [6.45, 7) is 3.93. The lowest BCUT2D eigenvalue weighted by Crippen LogP contribution is -2.47. The number of likely N-dealkylation sites (N-methyl/N-ethyl adjacent to an activating group) is 1. The van der Waals surface area contributed by atoms with Gasteiger partial charge < -0.3 is 15.0 Å². The number of benzene rings is 1.